The lowest BCUT2D eigenvalue weighted by Gasteiger charge is -2.45. The van der Waals surface area contributed by atoms with E-state index in [0.29, 0.717) is 0 Å². The van der Waals surface area contributed by atoms with E-state index < -0.39 is 0 Å². The molecule has 7 aromatic rings. The minimum atomic E-state index is -0.210. The van der Waals surface area contributed by atoms with Crippen molar-refractivity contribution in [3.05, 3.63) is 156 Å². The van der Waals surface area contributed by atoms with Crippen molar-refractivity contribution >= 4 is 80.3 Å². The van der Waals surface area contributed by atoms with Gasteiger partial charge < -0.3 is 9.80 Å². The van der Waals surface area contributed by atoms with Gasteiger partial charge >= 0.3 is 0 Å². The third kappa shape index (κ3) is 4.87. The lowest BCUT2D eigenvalue weighted by Crippen LogP contribution is -2.61. The highest BCUT2D eigenvalue weighted by Gasteiger charge is 2.50. The predicted octanol–water partition coefficient (Wildman–Crippen LogP) is 10.1. The number of anilines is 6. The molecule has 58 heavy (non-hydrogen) atoms. The Morgan fingerprint density at radius 3 is 1.36 bits per heavy atom. The molecule has 0 atom stereocenters. The molecular weight excluding hydrogens is 698 g/mol. The molecule has 0 amide bonds. The van der Waals surface area contributed by atoms with Crippen LogP contribution in [0.4, 0.5) is 34.1 Å². The first-order chi connectivity index (χ1) is 27.7. The molecule has 0 saturated carbocycles. The first-order valence-corrected chi connectivity index (χ1v) is 21.2. The Hall–Kier alpha value is -5.73. The summed E-state index contributed by atoms with van der Waals surface area (Å²) >= 11 is 0. The number of nitrogens with zero attached hydrogens (tertiary/aromatic N) is 2. The number of hydrogen-bond acceptors (Lipinski definition) is 2. The molecule has 2 nitrogen and oxygen atoms in total. The van der Waals surface area contributed by atoms with Gasteiger partial charge in [-0.3, -0.25) is 0 Å². The highest BCUT2D eigenvalue weighted by molar-refractivity contribution is 7.03. The summed E-state index contributed by atoms with van der Waals surface area (Å²) in [6.45, 7) is 21.5. The van der Waals surface area contributed by atoms with Gasteiger partial charge in [0, 0.05) is 34.1 Å². The van der Waals surface area contributed by atoms with Crippen molar-refractivity contribution in [3.8, 4) is 22.3 Å². The Balaban J connectivity index is 1.31. The molecule has 282 valence electrons. The molecule has 0 fully saturated rings. The smallest absolute Gasteiger partial charge is 0.248 e. The zero-order valence-electron chi connectivity index (χ0n) is 35.3. The molecule has 0 aromatic heterocycles. The third-order valence-corrected chi connectivity index (χ3v) is 13.5. The van der Waals surface area contributed by atoms with Crippen LogP contribution in [-0.2, 0) is 16.2 Å². The van der Waals surface area contributed by atoms with E-state index >= 15 is 0 Å². The maximum absolute atomic E-state index is 2.63. The summed E-state index contributed by atoms with van der Waals surface area (Å²) in [6.07, 6.45) is 0. The average molecular weight is 749 g/mol. The molecule has 0 unspecified atom stereocenters. The summed E-state index contributed by atoms with van der Waals surface area (Å²) in [4.78, 5) is 5.23. The van der Waals surface area contributed by atoms with Crippen LogP contribution in [-0.4, -0.2) is 13.4 Å². The van der Waals surface area contributed by atoms with Gasteiger partial charge in [-0.2, -0.15) is 0 Å². The summed E-state index contributed by atoms with van der Waals surface area (Å²) in [7, 11) is 0. The van der Waals surface area contributed by atoms with Gasteiger partial charge in [0.1, 0.15) is 0 Å². The topological polar surface area (TPSA) is 6.48 Å². The van der Waals surface area contributed by atoms with Crippen molar-refractivity contribution in [1.82, 2.24) is 0 Å². The van der Waals surface area contributed by atoms with E-state index in [1.165, 1.54) is 106 Å². The minimum Gasteiger partial charge on any atom is -0.312 e. The molecule has 0 saturated heterocycles. The summed E-state index contributed by atoms with van der Waals surface area (Å²) in [6, 6.07) is 53.7. The quantitative estimate of drug-likeness (QED) is 0.163. The Morgan fingerprint density at radius 2 is 0.845 bits per heavy atom. The second-order valence-electron chi connectivity index (χ2n) is 20.2. The van der Waals surface area contributed by atoms with Gasteiger partial charge in [-0.05, 0) is 120 Å². The Labute approximate surface area is 345 Å². The zero-order chi connectivity index (χ0) is 40.0. The van der Waals surface area contributed by atoms with E-state index in [9.17, 15) is 0 Å². The Morgan fingerprint density at radius 1 is 0.362 bits per heavy atom. The van der Waals surface area contributed by atoms with Crippen LogP contribution < -0.4 is 42.6 Å². The predicted molar refractivity (Wildman–Crippen MR) is 252 cm³/mol. The third-order valence-electron chi connectivity index (χ3n) is 13.5. The normalized spacial score (nSPS) is 14.5. The molecule has 7 aromatic carbocycles. The lowest BCUT2D eigenvalue weighted by atomic mass is 9.33. The summed E-state index contributed by atoms with van der Waals surface area (Å²) in [5.41, 5.74) is 25.6. The molecule has 0 spiro atoms. The maximum Gasteiger partial charge on any atom is 0.248 e. The fourth-order valence-corrected chi connectivity index (χ4v) is 10.9. The van der Waals surface area contributed by atoms with E-state index in [1.807, 2.05) is 0 Å². The summed E-state index contributed by atoms with van der Waals surface area (Å²) in [5.74, 6) is 0. The second-order valence-corrected chi connectivity index (χ2v) is 20.2. The molecule has 0 N–H and O–H groups in total. The molecule has 4 heterocycles. The zero-order valence-corrected chi connectivity index (χ0v) is 35.3. The Bertz CT molecular complexity index is 2850. The molecule has 4 aliphatic rings. The highest BCUT2D eigenvalue weighted by Crippen LogP contribution is 2.49. The SMILES string of the molecule is CC(C)(C)c1ccc2c(c1)-c1cccc3c1B2c1c(cc2c(c1C(C)(C)C)N(c1ccccc1)c1cccc4c1B2c1ccc(C(C)(C)C)cc1-4)N3c1ccccc1. The molecule has 4 heteroatoms. The van der Waals surface area contributed by atoms with Crippen LogP contribution in [0.1, 0.15) is 79.0 Å². The van der Waals surface area contributed by atoms with E-state index in [-0.39, 0.29) is 29.7 Å². The van der Waals surface area contributed by atoms with Gasteiger partial charge in [0.05, 0.1) is 0 Å². The van der Waals surface area contributed by atoms with Gasteiger partial charge in [0.25, 0.3) is 0 Å². The van der Waals surface area contributed by atoms with Crippen LogP contribution in [0.5, 0.6) is 0 Å². The first-order valence-electron chi connectivity index (χ1n) is 21.2. The van der Waals surface area contributed by atoms with Crippen LogP contribution in [0.2, 0.25) is 0 Å². The standard InChI is InChI=1S/C54H50B2N2/c1-52(2,3)33-26-28-41-39(30-33)37-22-17-25-45-48(37)55(41)43-32-46-50(47(54(7,8)9)51(43)58(45)36-20-14-11-15-21-36)56-42-29-27-34(53(4,5)6)31-40(42)38-23-16-24-44(49(38)56)57(46)35-18-12-10-13-19-35/h10-32H,1-9H3. The molecular formula is C54H50B2N2. The van der Waals surface area contributed by atoms with Crippen LogP contribution in [0.15, 0.2) is 140 Å². The first kappa shape index (κ1) is 35.4. The lowest BCUT2D eigenvalue weighted by molar-refractivity contribution is 0.590. The van der Waals surface area contributed by atoms with Gasteiger partial charge in [0.2, 0.25) is 13.4 Å². The van der Waals surface area contributed by atoms with Crippen molar-refractivity contribution in [2.24, 2.45) is 0 Å². The fraction of sp³-hybridized carbons (Fsp3) is 0.222. The van der Waals surface area contributed by atoms with Crippen LogP contribution >= 0.6 is 0 Å². The molecule has 0 bridgehead atoms. The van der Waals surface area contributed by atoms with E-state index in [0.717, 1.165) is 0 Å². The number of hydrogen-bond donors (Lipinski definition) is 0. The number of benzene rings is 7. The van der Waals surface area contributed by atoms with Gasteiger partial charge in [-0.15, -0.1) is 0 Å². The van der Waals surface area contributed by atoms with E-state index in [1.54, 1.807) is 0 Å². The Kier molecular flexibility index (Phi) is 7.28. The van der Waals surface area contributed by atoms with Crippen molar-refractivity contribution in [3.63, 3.8) is 0 Å². The molecule has 0 aliphatic carbocycles. The number of para-hydroxylation sites is 2. The number of fused-ring (bicyclic) bond motifs is 10. The average Bonchev–Trinajstić information content (AvgIpc) is 3.71. The van der Waals surface area contributed by atoms with Gasteiger partial charge in [0.15, 0.2) is 0 Å². The largest absolute Gasteiger partial charge is 0.312 e. The van der Waals surface area contributed by atoms with Crippen molar-refractivity contribution in [2.45, 2.75) is 78.6 Å². The van der Waals surface area contributed by atoms with Crippen LogP contribution in [0.3, 0.4) is 0 Å². The minimum absolute atomic E-state index is 0.0440. The van der Waals surface area contributed by atoms with Crippen molar-refractivity contribution < 1.29 is 0 Å². The summed E-state index contributed by atoms with van der Waals surface area (Å²) < 4.78 is 0. The fourth-order valence-electron chi connectivity index (χ4n) is 10.9. The molecule has 0 radical (unpaired) electrons. The summed E-state index contributed by atoms with van der Waals surface area (Å²) in [5, 5.41) is 0. The van der Waals surface area contributed by atoms with Crippen molar-refractivity contribution in [1.29, 1.82) is 0 Å². The molecule has 4 aliphatic heterocycles. The molecule has 11 rings (SSSR count). The number of rotatable bonds is 2. The van der Waals surface area contributed by atoms with E-state index in [2.05, 4.69) is 212 Å². The van der Waals surface area contributed by atoms with Gasteiger partial charge in [-0.1, -0.05) is 170 Å². The van der Waals surface area contributed by atoms with Crippen LogP contribution in [0.25, 0.3) is 22.3 Å². The van der Waals surface area contributed by atoms with E-state index in [4.69, 9.17) is 0 Å². The van der Waals surface area contributed by atoms with Gasteiger partial charge in [-0.25, -0.2) is 0 Å². The van der Waals surface area contributed by atoms with Crippen LogP contribution in [0, 0.1) is 0 Å². The maximum atomic E-state index is 2.63. The monoisotopic (exact) mass is 748 g/mol. The highest BCUT2D eigenvalue weighted by atomic mass is 15.2. The van der Waals surface area contributed by atoms with Crippen molar-refractivity contribution in [2.75, 3.05) is 9.80 Å². The second kappa shape index (κ2) is 11.9.